The molecule has 1 amide bonds. The fourth-order valence-corrected chi connectivity index (χ4v) is 2.59. The molecule has 0 unspecified atom stereocenters. The van der Waals surface area contributed by atoms with Crippen LogP contribution in [-0.2, 0) is 16.1 Å². The number of ether oxygens (including phenoxy) is 2. The van der Waals surface area contributed by atoms with Gasteiger partial charge in [0.2, 0.25) is 0 Å². The lowest BCUT2D eigenvalue weighted by Crippen LogP contribution is -2.36. The molecule has 0 aliphatic heterocycles. The van der Waals surface area contributed by atoms with Crippen molar-refractivity contribution in [2.45, 2.75) is 53.2 Å². The third kappa shape index (κ3) is 5.57. The molecule has 1 aromatic carbocycles. The number of hydrogen-bond donors (Lipinski definition) is 1. The number of para-hydroxylation sites is 1. The highest BCUT2D eigenvalue weighted by atomic mass is 16.5. The topological polar surface area (TPSA) is 90.7 Å². The Bertz CT molecular complexity index is 761. The van der Waals surface area contributed by atoms with Crippen LogP contribution in [0.3, 0.4) is 0 Å². The lowest BCUT2D eigenvalue weighted by molar-refractivity contribution is -0.125. The SMILES string of the molecule is CCC(CC)NC(=O)COC(=O)c1ccccc1OCc1c(C)noc1C. The molecule has 2 rings (SSSR count). The molecular weight excluding hydrogens is 348 g/mol. The van der Waals surface area contributed by atoms with E-state index in [-0.39, 0.29) is 30.7 Å². The molecule has 27 heavy (non-hydrogen) atoms. The lowest BCUT2D eigenvalue weighted by Gasteiger charge is -2.15. The largest absolute Gasteiger partial charge is 0.488 e. The van der Waals surface area contributed by atoms with E-state index in [1.165, 1.54) is 0 Å². The Morgan fingerprint density at radius 3 is 2.52 bits per heavy atom. The molecular formula is C20H26N2O5. The minimum Gasteiger partial charge on any atom is -0.488 e. The third-order valence-corrected chi connectivity index (χ3v) is 4.35. The summed E-state index contributed by atoms with van der Waals surface area (Å²) >= 11 is 0. The second-order valence-electron chi connectivity index (χ2n) is 6.24. The first-order valence-electron chi connectivity index (χ1n) is 9.06. The number of nitrogens with zero attached hydrogens (tertiary/aromatic N) is 1. The highest BCUT2D eigenvalue weighted by molar-refractivity contribution is 5.94. The Labute approximate surface area is 159 Å². The Balaban J connectivity index is 1.97. The minimum atomic E-state index is -0.607. The maximum Gasteiger partial charge on any atom is 0.342 e. The van der Waals surface area contributed by atoms with Crippen molar-refractivity contribution < 1.29 is 23.6 Å². The highest BCUT2D eigenvalue weighted by Gasteiger charge is 2.17. The van der Waals surface area contributed by atoms with Gasteiger partial charge >= 0.3 is 5.97 Å². The summed E-state index contributed by atoms with van der Waals surface area (Å²) < 4.78 is 16.0. The molecule has 1 heterocycles. The van der Waals surface area contributed by atoms with Crippen molar-refractivity contribution in [3.63, 3.8) is 0 Å². The van der Waals surface area contributed by atoms with Crippen LogP contribution < -0.4 is 10.1 Å². The first kappa shape index (κ1) is 20.5. The second-order valence-corrected chi connectivity index (χ2v) is 6.24. The Hall–Kier alpha value is -2.83. The summed E-state index contributed by atoms with van der Waals surface area (Å²) in [5, 5.41) is 6.71. The monoisotopic (exact) mass is 374 g/mol. The van der Waals surface area contributed by atoms with Crippen molar-refractivity contribution >= 4 is 11.9 Å². The molecule has 0 saturated carbocycles. The number of aryl methyl sites for hydroxylation is 2. The highest BCUT2D eigenvalue weighted by Crippen LogP contribution is 2.22. The van der Waals surface area contributed by atoms with Crippen LogP contribution in [0.2, 0.25) is 0 Å². The van der Waals surface area contributed by atoms with E-state index < -0.39 is 5.97 Å². The summed E-state index contributed by atoms with van der Waals surface area (Å²) in [6.07, 6.45) is 1.66. The molecule has 0 atom stereocenters. The zero-order valence-corrected chi connectivity index (χ0v) is 16.2. The van der Waals surface area contributed by atoms with Crippen molar-refractivity contribution in [3.8, 4) is 5.75 Å². The van der Waals surface area contributed by atoms with Crippen molar-refractivity contribution in [1.29, 1.82) is 0 Å². The average Bonchev–Trinajstić information content (AvgIpc) is 3.00. The Morgan fingerprint density at radius 2 is 1.89 bits per heavy atom. The summed E-state index contributed by atoms with van der Waals surface area (Å²) in [5.41, 5.74) is 1.84. The van der Waals surface area contributed by atoms with E-state index in [0.29, 0.717) is 11.5 Å². The van der Waals surface area contributed by atoms with Crippen molar-refractivity contribution in [2.75, 3.05) is 6.61 Å². The van der Waals surface area contributed by atoms with Gasteiger partial charge in [-0.15, -0.1) is 0 Å². The average molecular weight is 374 g/mol. The van der Waals surface area contributed by atoms with Crippen LogP contribution in [0, 0.1) is 13.8 Å². The van der Waals surface area contributed by atoms with E-state index in [1.807, 2.05) is 20.8 Å². The summed E-state index contributed by atoms with van der Waals surface area (Å²) in [5.74, 6) is 0.128. The predicted octanol–water partition coefficient (Wildman–Crippen LogP) is 3.33. The summed E-state index contributed by atoms with van der Waals surface area (Å²) in [7, 11) is 0. The van der Waals surface area contributed by atoms with Gasteiger partial charge in [-0.3, -0.25) is 4.79 Å². The van der Waals surface area contributed by atoms with Gasteiger partial charge in [0.15, 0.2) is 6.61 Å². The van der Waals surface area contributed by atoms with Gasteiger partial charge in [-0.25, -0.2) is 4.79 Å². The first-order chi connectivity index (χ1) is 13.0. The molecule has 0 aliphatic rings. The molecule has 0 fully saturated rings. The standard InChI is InChI=1S/C20H26N2O5/c1-5-15(6-2)21-19(23)12-26-20(24)16-9-7-8-10-18(16)25-11-17-13(3)22-27-14(17)4/h7-10,15H,5-6,11-12H2,1-4H3,(H,21,23). The van der Waals surface area contributed by atoms with Crippen LogP contribution in [0.1, 0.15) is 54.1 Å². The number of nitrogens with one attached hydrogen (secondary N) is 1. The Kier molecular flexibility index (Phi) is 7.40. The van der Waals surface area contributed by atoms with E-state index in [0.717, 1.165) is 24.1 Å². The number of esters is 1. The molecule has 1 aromatic heterocycles. The molecule has 146 valence electrons. The first-order valence-corrected chi connectivity index (χ1v) is 9.06. The van der Waals surface area contributed by atoms with Gasteiger partial charge in [0.1, 0.15) is 23.7 Å². The zero-order chi connectivity index (χ0) is 19.8. The number of rotatable bonds is 9. The minimum absolute atomic E-state index is 0.0851. The number of carbonyl (C=O) groups is 2. The third-order valence-electron chi connectivity index (χ3n) is 4.35. The van der Waals surface area contributed by atoms with Crippen LogP contribution in [0.5, 0.6) is 5.75 Å². The van der Waals surface area contributed by atoms with E-state index in [1.54, 1.807) is 31.2 Å². The van der Waals surface area contributed by atoms with Crippen LogP contribution >= 0.6 is 0 Å². The fraction of sp³-hybridized carbons (Fsp3) is 0.450. The molecule has 7 nitrogen and oxygen atoms in total. The molecule has 0 bridgehead atoms. The molecule has 0 saturated heterocycles. The van der Waals surface area contributed by atoms with Crippen LogP contribution in [0.25, 0.3) is 0 Å². The predicted molar refractivity (Wildman–Crippen MR) is 99.5 cm³/mol. The van der Waals surface area contributed by atoms with Gasteiger partial charge in [-0.05, 0) is 38.8 Å². The normalized spacial score (nSPS) is 10.7. The molecule has 0 radical (unpaired) electrons. The summed E-state index contributed by atoms with van der Waals surface area (Å²) in [6.45, 7) is 7.51. The maximum atomic E-state index is 12.4. The van der Waals surface area contributed by atoms with Crippen LogP contribution in [-0.4, -0.2) is 29.7 Å². The molecule has 1 N–H and O–H groups in total. The number of benzene rings is 1. The molecule has 0 spiro atoms. The molecule has 0 aliphatic carbocycles. The van der Waals surface area contributed by atoms with Crippen LogP contribution in [0.15, 0.2) is 28.8 Å². The van der Waals surface area contributed by atoms with Gasteiger partial charge in [-0.2, -0.15) is 0 Å². The van der Waals surface area contributed by atoms with Gasteiger partial charge in [0, 0.05) is 6.04 Å². The van der Waals surface area contributed by atoms with Crippen molar-refractivity contribution in [1.82, 2.24) is 10.5 Å². The summed E-state index contributed by atoms with van der Waals surface area (Å²) in [6, 6.07) is 6.84. The van der Waals surface area contributed by atoms with Gasteiger partial charge < -0.3 is 19.3 Å². The van der Waals surface area contributed by atoms with Gasteiger partial charge in [0.05, 0.1) is 11.3 Å². The number of amides is 1. The van der Waals surface area contributed by atoms with Gasteiger partial charge in [-0.1, -0.05) is 31.1 Å². The van der Waals surface area contributed by atoms with Crippen molar-refractivity contribution in [2.24, 2.45) is 0 Å². The smallest absolute Gasteiger partial charge is 0.342 e. The van der Waals surface area contributed by atoms with E-state index >= 15 is 0 Å². The van der Waals surface area contributed by atoms with Crippen molar-refractivity contribution in [3.05, 3.63) is 46.8 Å². The van der Waals surface area contributed by atoms with E-state index in [4.69, 9.17) is 14.0 Å². The fourth-order valence-electron chi connectivity index (χ4n) is 2.59. The Morgan fingerprint density at radius 1 is 1.19 bits per heavy atom. The second kappa shape index (κ2) is 9.75. The van der Waals surface area contributed by atoms with E-state index in [9.17, 15) is 9.59 Å². The zero-order valence-electron chi connectivity index (χ0n) is 16.2. The van der Waals surface area contributed by atoms with Crippen LogP contribution in [0.4, 0.5) is 0 Å². The van der Waals surface area contributed by atoms with Gasteiger partial charge in [0.25, 0.3) is 5.91 Å². The summed E-state index contributed by atoms with van der Waals surface area (Å²) in [4.78, 5) is 24.3. The quantitative estimate of drug-likeness (QED) is 0.677. The number of carbonyl (C=O) groups excluding carboxylic acids is 2. The molecule has 7 heteroatoms. The molecule has 2 aromatic rings. The van der Waals surface area contributed by atoms with E-state index in [2.05, 4.69) is 10.5 Å². The number of aromatic nitrogens is 1. The number of hydrogen-bond acceptors (Lipinski definition) is 6. The maximum absolute atomic E-state index is 12.4. The lowest BCUT2D eigenvalue weighted by atomic mass is 10.2.